The zero-order chi connectivity index (χ0) is 23.3. The van der Waals surface area contributed by atoms with E-state index < -0.39 is 22.8 Å². The van der Waals surface area contributed by atoms with Crippen molar-refractivity contribution in [3.8, 4) is 0 Å². The third kappa shape index (κ3) is 8.42. The fourth-order valence-electron chi connectivity index (χ4n) is 5.75. The topological polar surface area (TPSA) is 74.6 Å². The van der Waals surface area contributed by atoms with Crippen LogP contribution in [0.5, 0.6) is 0 Å². The van der Waals surface area contributed by atoms with Crippen LogP contribution in [-0.2, 0) is 9.59 Å². The first-order chi connectivity index (χ1) is 14.7. The second-order valence-corrected chi connectivity index (χ2v) is 11.0. The van der Waals surface area contributed by atoms with Crippen molar-refractivity contribution in [1.29, 1.82) is 0 Å². The van der Waals surface area contributed by atoms with Crippen LogP contribution in [-0.4, -0.2) is 22.2 Å². The lowest BCUT2D eigenvalue weighted by Gasteiger charge is -2.49. The number of hydrogen-bond donors (Lipinski definition) is 2. The largest absolute Gasteiger partial charge is 0.481 e. The molecule has 4 nitrogen and oxygen atoms in total. The van der Waals surface area contributed by atoms with Gasteiger partial charge in [-0.1, -0.05) is 111 Å². The number of rotatable bonds is 17. The van der Waals surface area contributed by atoms with Crippen molar-refractivity contribution < 1.29 is 19.8 Å². The van der Waals surface area contributed by atoms with Crippen LogP contribution in [0.3, 0.4) is 0 Å². The molecule has 1 fully saturated rings. The van der Waals surface area contributed by atoms with Gasteiger partial charge in [-0.3, -0.25) is 9.59 Å². The molecule has 1 aliphatic rings. The highest BCUT2D eigenvalue weighted by Gasteiger charge is 2.61. The average Bonchev–Trinajstić information content (AvgIpc) is 2.69. The molecule has 2 N–H and O–H groups in total. The Kier molecular flexibility index (Phi) is 12.8. The summed E-state index contributed by atoms with van der Waals surface area (Å²) in [5, 5.41) is 20.5. The Morgan fingerprint density at radius 2 is 0.968 bits per heavy atom. The van der Waals surface area contributed by atoms with Crippen LogP contribution in [0, 0.1) is 22.7 Å². The summed E-state index contributed by atoms with van der Waals surface area (Å²) >= 11 is 0. The zero-order valence-corrected chi connectivity index (χ0v) is 20.9. The van der Waals surface area contributed by atoms with E-state index in [1.54, 1.807) is 0 Å². The van der Waals surface area contributed by atoms with Gasteiger partial charge in [0.25, 0.3) is 0 Å². The third-order valence-electron chi connectivity index (χ3n) is 7.71. The minimum atomic E-state index is -1.09. The Hall–Kier alpha value is -1.06. The molecule has 0 radical (unpaired) electrons. The summed E-state index contributed by atoms with van der Waals surface area (Å²) < 4.78 is 0. The van der Waals surface area contributed by atoms with Gasteiger partial charge in [-0.15, -0.1) is 0 Å². The first-order valence-electron chi connectivity index (χ1n) is 13.1. The lowest BCUT2D eigenvalue weighted by Crippen LogP contribution is -2.54. The van der Waals surface area contributed by atoms with Gasteiger partial charge in [-0.05, 0) is 37.5 Å². The van der Waals surface area contributed by atoms with Crippen LogP contribution in [0.15, 0.2) is 0 Å². The van der Waals surface area contributed by atoms with Crippen molar-refractivity contribution in [3.05, 3.63) is 0 Å². The quantitative estimate of drug-likeness (QED) is 0.225. The number of carboxylic acid groups (broad SMARTS) is 2. The Bertz CT molecular complexity index is 527. The van der Waals surface area contributed by atoms with E-state index in [0.29, 0.717) is 31.6 Å². The van der Waals surface area contributed by atoms with Gasteiger partial charge < -0.3 is 10.2 Å². The van der Waals surface area contributed by atoms with Gasteiger partial charge in [0.05, 0.1) is 10.8 Å². The highest BCUT2D eigenvalue weighted by Crippen LogP contribution is 2.57. The maximum Gasteiger partial charge on any atom is 0.310 e. The third-order valence-corrected chi connectivity index (χ3v) is 7.71. The maximum atomic E-state index is 12.5. The maximum absolute atomic E-state index is 12.5. The van der Waals surface area contributed by atoms with Gasteiger partial charge in [0.15, 0.2) is 0 Å². The predicted molar refractivity (Wildman–Crippen MR) is 128 cm³/mol. The van der Waals surface area contributed by atoms with E-state index in [1.165, 1.54) is 38.5 Å². The van der Waals surface area contributed by atoms with Crippen LogP contribution in [0.2, 0.25) is 0 Å². The molecule has 31 heavy (non-hydrogen) atoms. The van der Waals surface area contributed by atoms with Crippen molar-refractivity contribution in [2.45, 2.75) is 137 Å². The van der Waals surface area contributed by atoms with Crippen molar-refractivity contribution in [2.75, 3.05) is 0 Å². The molecule has 0 saturated heterocycles. The highest BCUT2D eigenvalue weighted by molar-refractivity contribution is 5.87. The van der Waals surface area contributed by atoms with Gasteiger partial charge in [0, 0.05) is 0 Å². The molecule has 0 bridgehead atoms. The van der Waals surface area contributed by atoms with Crippen molar-refractivity contribution in [2.24, 2.45) is 22.7 Å². The molecular weight excluding hydrogens is 388 g/mol. The summed E-state index contributed by atoms with van der Waals surface area (Å²) in [6, 6.07) is 0. The molecule has 0 aromatic rings. The number of carbonyl (C=O) groups is 2. The monoisotopic (exact) mass is 438 g/mol. The van der Waals surface area contributed by atoms with Crippen molar-refractivity contribution in [1.82, 2.24) is 0 Å². The molecule has 4 heteroatoms. The normalized spacial score (nSPS) is 24.1. The molecule has 2 atom stereocenters. The van der Waals surface area contributed by atoms with E-state index in [2.05, 4.69) is 27.7 Å². The standard InChI is InChI=1S/C27H50O4/c1-22(2)16-11-9-7-5-6-8-10-12-18-26(24(28)29)19-13-14-20-27(26,25(30)31)21-15-17-23(3)4/h22-23H,5-21H2,1-4H3,(H,28,29)(H,30,31). The molecule has 1 rings (SSSR count). The summed E-state index contributed by atoms with van der Waals surface area (Å²) in [5.41, 5.74) is -2.19. The summed E-state index contributed by atoms with van der Waals surface area (Å²) in [7, 11) is 0. The summed E-state index contributed by atoms with van der Waals surface area (Å²) in [5.74, 6) is -0.437. The molecular formula is C27H50O4. The number of hydrogen-bond acceptors (Lipinski definition) is 2. The second-order valence-electron chi connectivity index (χ2n) is 11.0. The van der Waals surface area contributed by atoms with Crippen molar-refractivity contribution >= 4 is 11.9 Å². The SMILES string of the molecule is CC(C)CCCCCCCCCCC1(C(=O)O)CCCCC1(CCCC(C)C)C(=O)O. The van der Waals surface area contributed by atoms with Gasteiger partial charge in [0.2, 0.25) is 0 Å². The molecule has 0 aliphatic heterocycles. The van der Waals surface area contributed by atoms with Crippen LogP contribution in [0.1, 0.15) is 137 Å². The van der Waals surface area contributed by atoms with Crippen LogP contribution in [0.25, 0.3) is 0 Å². The molecule has 0 amide bonds. The minimum absolute atomic E-state index is 0.503. The predicted octanol–water partition coefficient (Wildman–Crippen LogP) is 8.09. The molecule has 0 spiro atoms. The van der Waals surface area contributed by atoms with E-state index in [4.69, 9.17) is 0 Å². The summed E-state index contributed by atoms with van der Waals surface area (Å²) in [4.78, 5) is 25.1. The molecule has 0 heterocycles. The summed E-state index contributed by atoms with van der Waals surface area (Å²) in [6.07, 6.45) is 16.2. The Labute approximate surface area is 191 Å². The average molecular weight is 439 g/mol. The van der Waals surface area contributed by atoms with E-state index in [0.717, 1.165) is 50.9 Å². The van der Waals surface area contributed by atoms with E-state index >= 15 is 0 Å². The molecule has 2 unspecified atom stereocenters. The highest BCUT2D eigenvalue weighted by atomic mass is 16.4. The number of unbranched alkanes of at least 4 members (excludes halogenated alkanes) is 7. The van der Waals surface area contributed by atoms with Gasteiger partial charge in [0.1, 0.15) is 0 Å². The number of carboxylic acids is 2. The summed E-state index contributed by atoms with van der Waals surface area (Å²) in [6.45, 7) is 8.84. The molecule has 1 saturated carbocycles. The lowest BCUT2D eigenvalue weighted by molar-refractivity contribution is -0.182. The number of aliphatic carboxylic acids is 2. The van der Waals surface area contributed by atoms with Crippen molar-refractivity contribution in [3.63, 3.8) is 0 Å². The minimum Gasteiger partial charge on any atom is -0.481 e. The van der Waals surface area contributed by atoms with Crippen LogP contribution in [0.4, 0.5) is 0 Å². The molecule has 182 valence electrons. The first-order valence-corrected chi connectivity index (χ1v) is 13.1. The molecule has 1 aliphatic carbocycles. The molecule has 0 aromatic carbocycles. The Balaban J connectivity index is 2.60. The van der Waals surface area contributed by atoms with Crippen LogP contribution >= 0.6 is 0 Å². The van der Waals surface area contributed by atoms with Gasteiger partial charge in [-0.2, -0.15) is 0 Å². The molecule has 0 aromatic heterocycles. The fraction of sp³-hybridized carbons (Fsp3) is 0.926. The Morgan fingerprint density at radius 1 is 0.613 bits per heavy atom. The van der Waals surface area contributed by atoms with E-state index in [9.17, 15) is 19.8 Å². The zero-order valence-electron chi connectivity index (χ0n) is 20.9. The van der Waals surface area contributed by atoms with E-state index in [1.807, 2.05) is 0 Å². The van der Waals surface area contributed by atoms with Crippen LogP contribution < -0.4 is 0 Å². The smallest absolute Gasteiger partial charge is 0.310 e. The lowest BCUT2D eigenvalue weighted by atomic mass is 9.52. The van der Waals surface area contributed by atoms with Gasteiger partial charge >= 0.3 is 11.9 Å². The second kappa shape index (κ2) is 14.2. The fourth-order valence-corrected chi connectivity index (χ4v) is 5.75. The first kappa shape index (κ1) is 28.0. The Morgan fingerprint density at radius 3 is 1.39 bits per heavy atom. The van der Waals surface area contributed by atoms with Gasteiger partial charge in [-0.25, -0.2) is 0 Å². The van der Waals surface area contributed by atoms with E-state index in [-0.39, 0.29) is 0 Å².